The second kappa shape index (κ2) is 5.23. The first kappa shape index (κ1) is 12.0. The normalized spacial score (nSPS) is 10.5. The van der Waals surface area contributed by atoms with Crippen LogP contribution in [0.2, 0.25) is 0 Å². The van der Waals surface area contributed by atoms with Crippen LogP contribution in [0.4, 0.5) is 5.82 Å². The Bertz CT molecular complexity index is 523. The lowest BCUT2D eigenvalue weighted by molar-refractivity contribution is 1.24. The molecule has 0 aliphatic rings. The van der Waals surface area contributed by atoms with Crippen molar-refractivity contribution in [2.45, 2.75) is 24.5 Å². The summed E-state index contributed by atoms with van der Waals surface area (Å²) in [6, 6.07) is 10.5. The molecule has 88 valence electrons. The van der Waals surface area contributed by atoms with Crippen LogP contribution in [-0.4, -0.2) is 4.98 Å². The van der Waals surface area contributed by atoms with Crippen LogP contribution in [-0.2, 0) is 5.75 Å². The van der Waals surface area contributed by atoms with Crippen LogP contribution in [0.1, 0.15) is 16.7 Å². The Morgan fingerprint density at radius 3 is 2.76 bits per heavy atom. The monoisotopic (exact) mass is 244 g/mol. The van der Waals surface area contributed by atoms with Gasteiger partial charge in [-0.2, -0.15) is 0 Å². The Morgan fingerprint density at radius 2 is 2.00 bits per heavy atom. The van der Waals surface area contributed by atoms with Crippen molar-refractivity contribution in [3.63, 3.8) is 0 Å². The van der Waals surface area contributed by atoms with E-state index in [9.17, 15) is 0 Å². The number of rotatable bonds is 3. The highest BCUT2D eigenvalue weighted by Crippen LogP contribution is 2.27. The van der Waals surface area contributed by atoms with Gasteiger partial charge in [-0.3, -0.25) is 0 Å². The molecule has 0 saturated carbocycles. The molecule has 0 amide bonds. The molecule has 2 nitrogen and oxygen atoms in total. The molecule has 17 heavy (non-hydrogen) atoms. The fraction of sp³-hybridized carbons (Fsp3) is 0.214. The molecule has 0 saturated heterocycles. The SMILES string of the molecule is Cc1ccc(C)c(SCc2ccnc(N)c2)c1. The van der Waals surface area contributed by atoms with Crippen molar-refractivity contribution in [3.8, 4) is 0 Å². The van der Waals surface area contributed by atoms with Crippen molar-refractivity contribution in [1.29, 1.82) is 0 Å². The van der Waals surface area contributed by atoms with Gasteiger partial charge in [-0.15, -0.1) is 11.8 Å². The van der Waals surface area contributed by atoms with Crippen molar-refractivity contribution in [1.82, 2.24) is 4.98 Å². The molecule has 0 spiro atoms. The molecular formula is C14H16N2S. The molecule has 0 aliphatic heterocycles. The van der Waals surface area contributed by atoms with Crippen LogP contribution in [0.3, 0.4) is 0 Å². The van der Waals surface area contributed by atoms with Gasteiger partial charge in [-0.1, -0.05) is 17.7 Å². The van der Waals surface area contributed by atoms with E-state index in [0.29, 0.717) is 5.82 Å². The van der Waals surface area contributed by atoms with Crippen LogP contribution in [0.25, 0.3) is 0 Å². The summed E-state index contributed by atoms with van der Waals surface area (Å²) in [5, 5.41) is 0. The highest BCUT2D eigenvalue weighted by molar-refractivity contribution is 7.98. The highest BCUT2D eigenvalue weighted by atomic mass is 32.2. The van der Waals surface area contributed by atoms with Crippen LogP contribution >= 0.6 is 11.8 Å². The van der Waals surface area contributed by atoms with Crippen molar-refractivity contribution >= 4 is 17.6 Å². The number of nitrogen functional groups attached to an aromatic ring is 1. The van der Waals surface area contributed by atoms with E-state index in [1.54, 1.807) is 6.20 Å². The third-order valence-electron chi connectivity index (χ3n) is 2.58. The number of hydrogen-bond donors (Lipinski definition) is 1. The molecule has 0 radical (unpaired) electrons. The van der Waals surface area contributed by atoms with Crippen molar-refractivity contribution in [2.24, 2.45) is 0 Å². The topological polar surface area (TPSA) is 38.9 Å². The van der Waals surface area contributed by atoms with Crippen molar-refractivity contribution in [2.75, 3.05) is 5.73 Å². The summed E-state index contributed by atoms with van der Waals surface area (Å²) in [7, 11) is 0. The lowest BCUT2D eigenvalue weighted by Gasteiger charge is -2.07. The van der Waals surface area contributed by atoms with E-state index in [1.807, 2.05) is 23.9 Å². The van der Waals surface area contributed by atoms with Crippen LogP contribution in [0, 0.1) is 13.8 Å². The number of nitrogens with zero attached hydrogens (tertiary/aromatic N) is 1. The van der Waals surface area contributed by atoms with Gasteiger partial charge in [-0.05, 0) is 43.2 Å². The maximum Gasteiger partial charge on any atom is 0.123 e. The van der Waals surface area contributed by atoms with E-state index in [1.165, 1.54) is 21.6 Å². The fourth-order valence-electron chi connectivity index (χ4n) is 1.61. The van der Waals surface area contributed by atoms with Gasteiger partial charge in [0, 0.05) is 16.8 Å². The van der Waals surface area contributed by atoms with Crippen molar-refractivity contribution < 1.29 is 0 Å². The average molecular weight is 244 g/mol. The molecule has 0 fully saturated rings. The summed E-state index contributed by atoms with van der Waals surface area (Å²) in [6.45, 7) is 4.26. The van der Waals surface area contributed by atoms with E-state index in [2.05, 4.69) is 37.0 Å². The maximum atomic E-state index is 5.66. The molecule has 0 atom stereocenters. The second-order valence-corrected chi connectivity index (χ2v) is 5.16. The average Bonchev–Trinajstić information content (AvgIpc) is 2.30. The van der Waals surface area contributed by atoms with Crippen LogP contribution in [0.15, 0.2) is 41.4 Å². The standard InChI is InChI=1S/C14H16N2S/c1-10-3-4-11(2)13(7-10)17-9-12-5-6-16-14(15)8-12/h3-8H,9H2,1-2H3,(H2,15,16). The maximum absolute atomic E-state index is 5.66. The third kappa shape index (κ3) is 3.24. The van der Waals surface area contributed by atoms with Gasteiger partial charge in [-0.25, -0.2) is 4.98 Å². The first-order chi connectivity index (χ1) is 8.15. The first-order valence-electron chi connectivity index (χ1n) is 5.55. The minimum atomic E-state index is 0.587. The Hall–Kier alpha value is -1.48. The molecule has 0 unspecified atom stereocenters. The first-order valence-corrected chi connectivity index (χ1v) is 6.54. The molecule has 0 aliphatic carbocycles. The Labute approximate surface area is 106 Å². The number of hydrogen-bond acceptors (Lipinski definition) is 3. The van der Waals surface area contributed by atoms with E-state index in [0.717, 1.165) is 5.75 Å². The summed E-state index contributed by atoms with van der Waals surface area (Å²) in [6.07, 6.45) is 1.76. The summed E-state index contributed by atoms with van der Waals surface area (Å²) in [5.74, 6) is 1.51. The van der Waals surface area contributed by atoms with Gasteiger partial charge in [0.2, 0.25) is 0 Å². The highest BCUT2D eigenvalue weighted by Gasteiger charge is 2.01. The van der Waals surface area contributed by atoms with Gasteiger partial charge >= 0.3 is 0 Å². The Morgan fingerprint density at radius 1 is 1.18 bits per heavy atom. The Kier molecular flexibility index (Phi) is 3.69. The molecule has 2 aromatic rings. The summed E-state index contributed by atoms with van der Waals surface area (Å²) in [4.78, 5) is 5.33. The van der Waals surface area contributed by atoms with E-state index in [4.69, 9.17) is 5.73 Å². The Balaban J connectivity index is 2.09. The number of aromatic nitrogens is 1. The van der Waals surface area contributed by atoms with Gasteiger partial charge < -0.3 is 5.73 Å². The molecule has 2 rings (SSSR count). The third-order valence-corrected chi connectivity index (χ3v) is 3.81. The molecule has 1 aromatic heterocycles. The smallest absolute Gasteiger partial charge is 0.123 e. The lowest BCUT2D eigenvalue weighted by Crippen LogP contribution is -1.91. The number of benzene rings is 1. The number of pyridine rings is 1. The van der Waals surface area contributed by atoms with Crippen molar-refractivity contribution in [3.05, 3.63) is 53.2 Å². The van der Waals surface area contributed by atoms with Gasteiger partial charge in [0.25, 0.3) is 0 Å². The molecule has 2 N–H and O–H groups in total. The van der Waals surface area contributed by atoms with E-state index >= 15 is 0 Å². The molecule has 0 bridgehead atoms. The minimum absolute atomic E-state index is 0.587. The summed E-state index contributed by atoms with van der Waals surface area (Å²) < 4.78 is 0. The predicted molar refractivity (Wildman–Crippen MR) is 74.1 cm³/mol. The quantitative estimate of drug-likeness (QED) is 0.839. The largest absolute Gasteiger partial charge is 0.384 e. The van der Waals surface area contributed by atoms with Gasteiger partial charge in [0.1, 0.15) is 5.82 Å². The zero-order chi connectivity index (χ0) is 12.3. The van der Waals surface area contributed by atoms with Gasteiger partial charge in [0.05, 0.1) is 0 Å². The minimum Gasteiger partial charge on any atom is -0.384 e. The number of aryl methyl sites for hydroxylation is 2. The lowest BCUT2D eigenvalue weighted by atomic mass is 10.2. The zero-order valence-electron chi connectivity index (χ0n) is 10.1. The summed E-state index contributed by atoms with van der Waals surface area (Å²) >= 11 is 1.84. The summed E-state index contributed by atoms with van der Waals surface area (Å²) in [5.41, 5.74) is 9.49. The fourth-order valence-corrected chi connectivity index (χ4v) is 2.67. The van der Waals surface area contributed by atoms with Crippen LogP contribution in [0.5, 0.6) is 0 Å². The van der Waals surface area contributed by atoms with E-state index in [-0.39, 0.29) is 0 Å². The predicted octanol–water partition coefficient (Wildman–Crippen LogP) is 3.57. The van der Waals surface area contributed by atoms with Gasteiger partial charge in [0.15, 0.2) is 0 Å². The number of thioether (sulfide) groups is 1. The molecule has 1 aromatic carbocycles. The number of anilines is 1. The van der Waals surface area contributed by atoms with E-state index < -0.39 is 0 Å². The number of nitrogens with two attached hydrogens (primary N) is 1. The zero-order valence-corrected chi connectivity index (χ0v) is 10.9. The second-order valence-electron chi connectivity index (χ2n) is 4.15. The van der Waals surface area contributed by atoms with Crippen LogP contribution < -0.4 is 5.73 Å². The molecule has 1 heterocycles. The molecule has 3 heteroatoms. The molecular weight excluding hydrogens is 228 g/mol.